The van der Waals surface area contributed by atoms with Gasteiger partial charge in [-0.15, -0.1) is 4.68 Å². The zero-order chi connectivity index (χ0) is 27.4. The lowest BCUT2D eigenvalue weighted by Crippen LogP contribution is -2.19. The fourth-order valence-electron chi connectivity index (χ4n) is 4.14. The summed E-state index contributed by atoms with van der Waals surface area (Å²) < 4.78 is 22.8. The van der Waals surface area contributed by atoms with Gasteiger partial charge in [0.1, 0.15) is 6.33 Å². The Morgan fingerprint density at radius 3 is 2.41 bits per heavy atom. The van der Waals surface area contributed by atoms with Crippen LogP contribution >= 0.6 is 0 Å². The van der Waals surface area contributed by atoms with E-state index in [-0.39, 0.29) is 5.95 Å². The summed E-state index contributed by atoms with van der Waals surface area (Å²) in [6.07, 6.45) is 4.57. The molecule has 0 radical (unpaired) electrons. The van der Waals surface area contributed by atoms with E-state index < -0.39 is 11.7 Å². The van der Waals surface area contributed by atoms with Gasteiger partial charge >= 0.3 is 5.69 Å². The summed E-state index contributed by atoms with van der Waals surface area (Å²) in [6.45, 7) is 2.06. The molecule has 0 spiro atoms. The smallest absolute Gasteiger partial charge is 0.350 e. The van der Waals surface area contributed by atoms with Gasteiger partial charge in [-0.05, 0) is 42.0 Å². The summed E-state index contributed by atoms with van der Waals surface area (Å²) in [5.74, 6) is 2.30. The summed E-state index contributed by atoms with van der Waals surface area (Å²) in [6, 6.07) is 11.1. The van der Waals surface area contributed by atoms with Crippen molar-refractivity contribution in [1.29, 1.82) is 0 Å². The van der Waals surface area contributed by atoms with Crippen LogP contribution in [0.5, 0.6) is 11.5 Å². The summed E-state index contributed by atoms with van der Waals surface area (Å²) in [5, 5.41) is 11.5. The van der Waals surface area contributed by atoms with Crippen LogP contribution < -0.4 is 20.5 Å². The molecule has 0 fully saturated rings. The Morgan fingerprint density at radius 1 is 1.05 bits per heavy atom. The van der Waals surface area contributed by atoms with Gasteiger partial charge in [0, 0.05) is 48.8 Å². The maximum Gasteiger partial charge on any atom is 0.350 e. The molecule has 2 N–H and O–H groups in total. The number of aromatic amines is 1. The van der Waals surface area contributed by atoms with Gasteiger partial charge in [0.05, 0.1) is 26.9 Å². The van der Waals surface area contributed by atoms with Crippen LogP contribution in [0.4, 0.5) is 5.69 Å². The summed E-state index contributed by atoms with van der Waals surface area (Å²) in [4.78, 5) is 27.5. The van der Waals surface area contributed by atoms with Crippen molar-refractivity contribution >= 4 is 5.69 Å². The van der Waals surface area contributed by atoms with Gasteiger partial charge in [0.25, 0.3) is 5.95 Å². The average Bonchev–Trinajstić information content (AvgIpc) is 3.60. The summed E-state index contributed by atoms with van der Waals surface area (Å²) >= 11 is 0. The predicted molar refractivity (Wildman–Crippen MR) is 140 cm³/mol. The summed E-state index contributed by atoms with van der Waals surface area (Å²) in [5.41, 5.74) is 3.60. The highest BCUT2D eigenvalue weighted by Gasteiger charge is 2.21. The Hall–Kier alpha value is -5.04. The number of hydrogen-bond acceptors (Lipinski definition) is 11. The number of rotatable bonds is 10. The fraction of sp³-hybridized carbons (Fsp3) is 0.231. The van der Waals surface area contributed by atoms with Crippen LogP contribution in [0.2, 0.25) is 0 Å². The molecule has 3 heterocycles. The normalized spacial score (nSPS) is 11.8. The number of hydrogen-bond donors (Lipinski definition) is 2. The highest BCUT2D eigenvalue weighted by atomic mass is 16.5. The van der Waals surface area contributed by atoms with Gasteiger partial charge in [-0.25, -0.2) is 14.8 Å². The topological polar surface area (TPSA) is 155 Å². The molecule has 1 unspecified atom stereocenters. The molecule has 5 rings (SSSR count). The molecule has 39 heavy (non-hydrogen) atoms. The van der Waals surface area contributed by atoms with Crippen LogP contribution in [0.15, 0.2) is 64.4 Å². The molecule has 0 saturated heterocycles. The second-order valence-electron chi connectivity index (χ2n) is 8.46. The molecule has 5 aromatic rings. The standard InChI is InChI=1S/C26H26N8O5/c1-15-31-24(33-39-15)16-5-7-20(8-6-16)32-22(17-9-18(13-36-2)23(38-4)21(10-17)37-3)19-11-27-25(28-12-19)34-26(35)29-14-30-34/h5-12,14,22,32H,13H2,1-4H3,(H,29,30,35). The van der Waals surface area contributed by atoms with E-state index in [4.69, 9.17) is 18.7 Å². The van der Waals surface area contributed by atoms with Gasteiger partial charge < -0.3 is 24.1 Å². The number of nitrogens with zero attached hydrogens (tertiary/aromatic N) is 6. The second kappa shape index (κ2) is 11.1. The van der Waals surface area contributed by atoms with Gasteiger partial charge in [-0.1, -0.05) is 5.16 Å². The lowest BCUT2D eigenvalue weighted by atomic mass is 9.97. The third kappa shape index (κ3) is 5.33. The molecule has 0 amide bonds. The first-order valence-corrected chi connectivity index (χ1v) is 11.9. The zero-order valence-electron chi connectivity index (χ0n) is 21.7. The molecule has 0 aliphatic heterocycles. The number of benzene rings is 2. The minimum Gasteiger partial charge on any atom is -0.493 e. The van der Waals surface area contributed by atoms with E-state index in [0.29, 0.717) is 29.8 Å². The van der Waals surface area contributed by atoms with E-state index in [1.165, 1.54) is 6.33 Å². The van der Waals surface area contributed by atoms with Crippen molar-refractivity contribution in [3.63, 3.8) is 0 Å². The van der Waals surface area contributed by atoms with E-state index in [1.807, 2.05) is 36.4 Å². The Kier molecular flexibility index (Phi) is 7.32. The first kappa shape index (κ1) is 25.6. The number of aromatic nitrogens is 7. The molecular weight excluding hydrogens is 504 g/mol. The lowest BCUT2D eigenvalue weighted by molar-refractivity contribution is 0.180. The highest BCUT2D eigenvalue weighted by molar-refractivity contribution is 5.61. The number of aryl methyl sites for hydroxylation is 1. The van der Waals surface area contributed by atoms with Crippen LogP contribution in [0, 0.1) is 6.92 Å². The molecule has 0 bridgehead atoms. The summed E-state index contributed by atoms with van der Waals surface area (Å²) in [7, 11) is 4.78. The largest absolute Gasteiger partial charge is 0.493 e. The quantitative estimate of drug-likeness (QED) is 0.274. The molecular formula is C26H26N8O5. The molecule has 0 aliphatic carbocycles. The number of methoxy groups -OCH3 is 3. The van der Waals surface area contributed by atoms with Gasteiger partial charge in [-0.3, -0.25) is 4.98 Å². The minimum absolute atomic E-state index is 0.149. The molecule has 3 aromatic heterocycles. The van der Waals surface area contributed by atoms with Crippen molar-refractivity contribution in [2.24, 2.45) is 0 Å². The van der Waals surface area contributed by atoms with Crippen LogP contribution in [-0.2, 0) is 11.3 Å². The van der Waals surface area contributed by atoms with E-state index in [2.05, 4.69) is 35.5 Å². The maximum absolute atomic E-state index is 12.0. The predicted octanol–water partition coefficient (Wildman–Crippen LogP) is 3.07. The second-order valence-corrected chi connectivity index (χ2v) is 8.46. The molecule has 0 aliphatic rings. The maximum atomic E-state index is 12.0. The highest BCUT2D eigenvalue weighted by Crippen LogP contribution is 2.37. The lowest BCUT2D eigenvalue weighted by Gasteiger charge is -2.23. The molecule has 2 aromatic carbocycles. The molecule has 0 saturated carbocycles. The van der Waals surface area contributed by atoms with Gasteiger partial charge in [-0.2, -0.15) is 10.1 Å². The first-order valence-electron chi connectivity index (χ1n) is 11.9. The van der Waals surface area contributed by atoms with Crippen molar-refractivity contribution in [3.05, 3.63) is 88.2 Å². The van der Waals surface area contributed by atoms with E-state index in [9.17, 15) is 4.79 Å². The third-order valence-electron chi connectivity index (χ3n) is 5.93. The monoisotopic (exact) mass is 530 g/mol. The van der Waals surface area contributed by atoms with E-state index >= 15 is 0 Å². The Balaban J connectivity index is 1.55. The van der Waals surface area contributed by atoms with Crippen molar-refractivity contribution in [2.45, 2.75) is 19.6 Å². The van der Waals surface area contributed by atoms with Gasteiger partial charge in [0.2, 0.25) is 11.7 Å². The van der Waals surface area contributed by atoms with Crippen molar-refractivity contribution < 1.29 is 18.7 Å². The van der Waals surface area contributed by atoms with Crippen LogP contribution in [0.25, 0.3) is 17.3 Å². The molecule has 1 atom stereocenters. The molecule has 200 valence electrons. The zero-order valence-corrected chi connectivity index (χ0v) is 21.7. The van der Waals surface area contributed by atoms with E-state index in [1.54, 1.807) is 40.6 Å². The molecule has 13 heteroatoms. The van der Waals surface area contributed by atoms with Gasteiger partial charge in [0.15, 0.2) is 11.5 Å². The number of H-pyrrole nitrogens is 1. The average molecular weight is 531 g/mol. The van der Waals surface area contributed by atoms with Crippen LogP contribution in [0.1, 0.15) is 28.6 Å². The van der Waals surface area contributed by atoms with Crippen molar-refractivity contribution in [1.82, 2.24) is 34.9 Å². The Morgan fingerprint density at radius 2 is 1.82 bits per heavy atom. The fourth-order valence-corrected chi connectivity index (χ4v) is 4.14. The van der Waals surface area contributed by atoms with Crippen molar-refractivity contribution in [3.8, 4) is 28.8 Å². The number of nitrogens with one attached hydrogen (secondary N) is 2. The van der Waals surface area contributed by atoms with Crippen LogP contribution in [0.3, 0.4) is 0 Å². The first-order chi connectivity index (χ1) is 19.0. The number of anilines is 1. The minimum atomic E-state index is -0.432. The Labute approximate surface area is 222 Å². The SMILES string of the molecule is COCc1cc(C(Nc2ccc(-c3noc(C)n3)cc2)c2cnc(-n3nc[nH]c3=O)nc2)cc(OC)c1OC. The third-order valence-corrected chi connectivity index (χ3v) is 5.93. The van der Waals surface area contributed by atoms with Crippen LogP contribution in [-0.4, -0.2) is 56.2 Å². The molecule has 13 nitrogen and oxygen atoms in total. The number of ether oxygens (including phenoxy) is 3. The Bertz CT molecular complexity index is 1610. The van der Waals surface area contributed by atoms with Crippen molar-refractivity contribution in [2.75, 3.05) is 26.6 Å². The van der Waals surface area contributed by atoms with E-state index in [0.717, 1.165) is 32.6 Å².